The molecule has 2 saturated carbocycles. The fourth-order valence-electron chi connectivity index (χ4n) is 2.99. The molecule has 0 bridgehead atoms. The molecule has 3 fully saturated rings. The Morgan fingerprint density at radius 1 is 1.35 bits per heavy atom. The smallest absolute Gasteiger partial charge is 0.239 e. The van der Waals surface area contributed by atoms with Crippen molar-refractivity contribution >= 4 is 5.91 Å². The summed E-state index contributed by atoms with van der Waals surface area (Å²) >= 11 is 0. The normalized spacial score (nSPS) is 31.7. The Hall–Kier alpha value is -0.570. The largest absolute Gasteiger partial charge is 0.341 e. The first-order chi connectivity index (χ1) is 8.22. The summed E-state index contributed by atoms with van der Waals surface area (Å²) in [6.07, 6.45) is 8.64. The average Bonchev–Trinajstić information content (AvgIpc) is 3.21. The minimum Gasteiger partial charge on any atom is -0.341 e. The summed E-state index contributed by atoms with van der Waals surface area (Å²) < 4.78 is 0. The van der Waals surface area contributed by atoms with Gasteiger partial charge in [0.1, 0.15) is 0 Å². The molecule has 3 aliphatic rings. The zero-order chi connectivity index (χ0) is 11.9. The van der Waals surface area contributed by atoms with E-state index in [1.165, 1.54) is 38.5 Å². The Morgan fingerprint density at radius 3 is 2.71 bits per heavy atom. The third-order valence-corrected chi connectivity index (χ3v) is 4.78. The first kappa shape index (κ1) is 11.5. The number of carbonyl (C=O) groups is 1. The Balaban J connectivity index is 1.58. The highest BCUT2D eigenvalue weighted by molar-refractivity contribution is 5.82. The maximum atomic E-state index is 12.4. The van der Waals surface area contributed by atoms with E-state index in [4.69, 9.17) is 0 Å². The maximum absolute atomic E-state index is 12.4. The number of piperidine rings is 1. The van der Waals surface area contributed by atoms with Crippen molar-refractivity contribution in [3.63, 3.8) is 0 Å². The lowest BCUT2D eigenvalue weighted by atomic mass is 9.99. The molecule has 0 aromatic heterocycles. The van der Waals surface area contributed by atoms with Crippen molar-refractivity contribution in [2.24, 2.45) is 5.41 Å². The van der Waals surface area contributed by atoms with E-state index < -0.39 is 0 Å². The van der Waals surface area contributed by atoms with E-state index in [0.717, 1.165) is 19.5 Å². The van der Waals surface area contributed by atoms with Crippen LogP contribution in [0, 0.1) is 5.41 Å². The molecule has 17 heavy (non-hydrogen) atoms. The van der Waals surface area contributed by atoms with Crippen LogP contribution in [0.1, 0.15) is 51.9 Å². The topological polar surface area (TPSA) is 32.3 Å². The van der Waals surface area contributed by atoms with Crippen LogP contribution in [0.4, 0.5) is 0 Å². The minimum absolute atomic E-state index is 0.129. The van der Waals surface area contributed by atoms with Crippen molar-refractivity contribution in [3.8, 4) is 0 Å². The lowest BCUT2D eigenvalue weighted by molar-refractivity contribution is -0.137. The van der Waals surface area contributed by atoms with E-state index in [0.29, 0.717) is 17.4 Å². The van der Waals surface area contributed by atoms with Gasteiger partial charge in [0.05, 0.1) is 6.04 Å². The molecule has 0 radical (unpaired) electrons. The Kier molecular flexibility index (Phi) is 2.89. The molecule has 1 aliphatic heterocycles. The first-order valence-electron chi connectivity index (χ1n) is 7.27. The third kappa shape index (κ3) is 2.49. The van der Waals surface area contributed by atoms with Crippen molar-refractivity contribution in [2.75, 3.05) is 13.1 Å². The molecular weight excluding hydrogens is 212 g/mol. The van der Waals surface area contributed by atoms with E-state index in [2.05, 4.69) is 17.1 Å². The lowest BCUT2D eigenvalue weighted by Crippen LogP contribution is -2.52. The molecule has 1 amide bonds. The predicted molar refractivity (Wildman–Crippen MR) is 67.7 cm³/mol. The van der Waals surface area contributed by atoms with Crippen LogP contribution in [0.25, 0.3) is 0 Å². The van der Waals surface area contributed by atoms with Crippen LogP contribution in [0.15, 0.2) is 0 Å². The van der Waals surface area contributed by atoms with E-state index in [1.807, 2.05) is 0 Å². The van der Waals surface area contributed by atoms with Gasteiger partial charge >= 0.3 is 0 Å². The molecule has 0 spiro atoms. The summed E-state index contributed by atoms with van der Waals surface area (Å²) in [6, 6.07) is 0.772. The van der Waals surface area contributed by atoms with Crippen LogP contribution in [-0.4, -0.2) is 36.0 Å². The Bertz CT molecular complexity index is 307. The number of carbonyl (C=O) groups excluding carboxylic acids is 1. The fraction of sp³-hybridized carbons (Fsp3) is 0.929. The average molecular weight is 236 g/mol. The lowest BCUT2D eigenvalue weighted by Gasteiger charge is -2.35. The summed E-state index contributed by atoms with van der Waals surface area (Å²) in [4.78, 5) is 14.5. The number of nitrogens with zero attached hydrogens (tertiary/aromatic N) is 1. The van der Waals surface area contributed by atoms with Crippen LogP contribution in [0.5, 0.6) is 0 Å². The molecule has 1 unspecified atom stereocenters. The highest BCUT2D eigenvalue weighted by Gasteiger charge is 2.44. The number of rotatable bonds is 5. The molecule has 0 aromatic rings. The number of amides is 1. The quantitative estimate of drug-likeness (QED) is 0.791. The van der Waals surface area contributed by atoms with Crippen LogP contribution >= 0.6 is 0 Å². The summed E-state index contributed by atoms with van der Waals surface area (Å²) in [5.74, 6) is 0.378. The summed E-state index contributed by atoms with van der Waals surface area (Å²) in [5, 5.41) is 3.51. The van der Waals surface area contributed by atoms with Crippen LogP contribution in [0.2, 0.25) is 0 Å². The monoisotopic (exact) mass is 236 g/mol. The molecule has 1 atom stereocenters. The van der Waals surface area contributed by atoms with Crippen molar-refractivity contribution in [2.45, 2.75) is 64.0 Å². The predicted octanol–water partition coefficient (Wildman–Crippen LogP) is 1.92. The van der Waals surface area contributed by atoms with Gasteiger partial charge in [0.15, 0.2) is 0 Å². The van der Waals surface area contributed by atoms with Gasteiger partial charge in [-0.05, 0) is 50.4 Å². The van der Waals surface area contributed by atoms with Crippen LogP contribution in [0.3, 0.4) is 0 Å². The maximum Gasteiger partial charge on any atom is 0.239 e. The summed E-state index contributed by atoms with van der Waals surface area (Å²) in [6.45, 7) is 4.27. The summed E-state index contributed by atoms with van der Waals surface area (Å²) in [5.41, 5.74) is 0.497. The Labute approximate surface area is 104 Å². The number of hydrogen-bond acceptors (Lipinski definition) is 2. The SMILES string of the molecule is CCC1(CN2CCCC(NC3CC3)C2=O)CC1. The first-order valence-corrected chi connectivity index (χ1v) is 7.27. The van der Waals surface area contributed by atoms with Crippen molar-refractivity contribution in [3.05, 3.63) is 0 Å². The molecule has 1 heterocycles. The van der Waals surface area contributed by atoms with E-state index in [9.17, 15) is 4.79 Å². The number of hydrogen-bond donors (Lipinski definition) is 1. The van der Waals surface area contributed by atoms with Crippen LogP contribution in [-0.2, 0) is 4.79 Å². The standard InChI is InChI=1S/C14H24N2O/c1-2-14(7-8-14)10-16-9-3-4-12(13(16)17)15-11-5-6-11/h11-12,15H,2-10H2,1H3. The second-order valence-corrected chi connectivity index (χ2v) is 6.25. The zero-order valence-electron chi connectivity index (χ0n) is 10.9. The van der Waals surface area contributed by atoms with E-state index in [-0.39, 0.29) is 6.04 Å². The van der Waals surface area contributed by atoms with Gasteiger partial charge in [-0.25, -0.2) is 0 Å². The minimum atomic E-state index is 0.129. The van der Waals surface area contributed by atoms with Gasteiger partial charge in [-0.2, -0.15) is 0 Å². The van der Waals surface area contributed by atoms with Crippen molar-refractivity contribution in [1.29, 1.82) is 0 Å². The third-order valence-electron chi connectivity index (χ3n) is 4.78. The second-order valence-electron chi connectivity index (χ2n) is 6.25. The summed E-state index contributed by atoms with van der Waals surface area (Å²) in [7, 11) is 0. The molecule has 3 rings (SSSR count). The Morgan fingerprint density at radius 2 is 2.12 bits per heavy atom. The van der Waals surface area contributed by atoms with Crippen molar-refractivity contribution in [1.82, 2.24) is 10.2 Å². The van der Waals surface area contributed by atoms with Gasteiger partial charge in [-0.1, -0.05) is 6.92 Å². The molecule has 3 nitrogen and oxygen atoms in total. The van der Waals surface area contributed by atoms with Gasteiger partial charge in [0.2, 0.25) is 5.91 Å². The fourth-order valence-corrected chi connectivity index (χ4v) is 2.99. The van der Waals surface area contributed by atoms with Gasteiger partial charge in [0, 0.05) is 19.1 Å². The van der Waals surface area contributed by atoms with E-state index in [1.54, 1.807) is 0 Å². The molecular formula is C14H24N2O. The van der Waals surface area contributed by atoms with Gasteiger partial charge in [-0.3, -0.25) is 4.79 Å². The van der Waals surface area contributed by atoms with Crippen LogP contribution < -0.4 is 5.32 Å². The molecule has 1 saturated heterocycles. The van der Waals surface area contributed by atoms with Gasteiger partial charge in [0.25, 0.3) is 0 Å². The molecule has 0 aromatic carbocycles. The highest BCUT2D eigenvalue weighted by Crippen LogP contribution is 2.49. The number of likely N-dealkylation sites (tertiary alicyclic amines) is 1. The highest BCUT2D eigenvalue weighted by atomic mass is 16.2. The number of nitrogens with one attached hydrogen (secondary N) is 1. The molecule has 96 valence electrons. The molecule has 3 heteroatoms. The van der Waals surface area contributed by atoms with Gasteiger partial charge < -0.3 is 10.2 Å². The zero-order valence-corrected chi connectivity index (χ0v) is 10.9. The molecule has 2 aliphatic carbocycles. The van der Waals surface area contributed by atoms with Gasteiger partial charge in [-0.15, -0.1) is 0 Å². The van der Waals surface area contributed by atoms with E-state index >= 15 is 0 Å². The molecule has 1 N–H and O–H groups in total. The van der Waals surface area contributed by atoms with Crippen molar-refractivity contribution < 1.29 is 4.79 Å². The second kappa shape index (κ2) is 4.27.